The third-order valence-corrected chi connectivity index (χ3v) is 4.88. The van der Waals surface area contributed by atoms with Crippen molar-refractivity contribution in [2.24, 2.45) is 0 Å². The van der Waals surface area contributed by atoms with Crippen molar-refractivity contribution in [1.29, 1.82) is 0 Å². The second-order valence-corrected chi connectivity index (χ2v) is 6.97. The van der Waals surface area contributed by atoms with E-state index in [1.54, 1.807) is 24.3 Å². The highest BCUT2D eigenvalue weighted by atomic mass is 19.1. The third kappa shape index (κ3) is 3.65. The van der Waals surface area contributed by atoms with E-state index in [9.17, 15) is 9.18 Å². The van der Waals surface area contributed by atoms with Crippen molar-refractivity contribution in [3.05, 3.63) is 106 Å². The number of rotatable bonds is 4. The Kier molecular flexibility index (Phi) is 4.69. The summed E-state index contributed by atoms with van der Waals surface area (Å²) in [4.78, 5) is 11.4. The molecule has 1 atom stereocenters. The lowest BCUT2D eigenvalue weighted by molar-refractivity contribution is -0.112. The summed E-state index contributed by atoms with van der Waals surface area (Å²) in [5.41, 5.74) is 2.08. The van der Waals surface area contributed by atoms with Crippen molar-refractivity contribution in [2.45, 2.75) is 19.5 Å². The summed E-state index contributed by atoms with van der Waals surface area (Å²) >= 11 is 0. The van der Waals surface area contributed by atoms with E-state index in [1.165, 1.54) is 18.2 Å². The van der Waals surface area contributed by atoms with Gasteiger partial charge in [-0.15, -0.1) is 0 Å². The van der Waals surface area contributed by atoms with Crippen LogP contribution in [0.2, 0.25) is 0 Å². The fourth-order valence-corrected chi connectivity index (χ4v) is 3.45. The molecule has 0 amide bonds. The van der Waals surface area contributed by atoms with Crippen molar-refractivity contribution >= 4 is 11.0 Å². The Morgan fingerprint density at radius 1 is 1.00 bits per heavy atom. The summed E-state index contributed by atoms with van der Waals surface area (Å²) < 4.78 is 37.0. The molecule has 5 rings (SSSR count). The highest BCUT2D eigenvalue weighted by Crippen LogP contribution is 2.37. The Hall–Kier alpha value is -3.64. The molecule has 5 nitrogen and oxygen atoms in total. The zero-order valence-corrected chi connectivity index (χ0v) is 15.8. The molecule has 6 heteroatoms. The van der Waals surface area contributed by atoms with Crippen molar-refractivity contribution in [3.8, 4) is 11.5 Å². The largest absolute Gasteiger partial charge is 0.489 e. The molecule has 1 unspecified atom stereocenters. The number of fused-ring (bicyclic) bond motifs is 2. The monoisotopic (exact) mass is 404 g/mol. The van der Waals surface area contributed by atoms with Gasteiger partial charge in [0.2, 0.25) is 6.29 Å². The fourth-order valence-electron chi connectivity index (χ4n) is 3.45. The van der Waals surface area contributed by atoms with Crippen molar-refractivity contribution < 1.29 is 23.0 Å². The number of ether oxygens (including phenoxy) is 3. The lowest BCUT2D eigenvalue weighted by Gasteiger charge is -2.28. The molecule has 0 N–H and O–H groups in total. The van der Waals surface area contributed by atoms with Gasteiger partial charge in [0.15, 0.2) is 0 Å². The first kappa shape index (κ1) is 18.4. The Labute approximate surface area is 171 Å². The van der Waals surface area contributed by atoms with Gasteiger partial charge < -0.3 is 18.6 Å². The van der Waals surface area contributed by atoms with E-state index in [0.29, 0.717) is 28.2 Å². The van der Waals surface area contributed by atoms with Crippen LogP contribution in [0, 0.1) is 5.82 Å². The molecule has 1 aliphatic heterocycles. The van der Waals surface area contributed by atoms with Crippen LogP contribution in [-0.4, -0.2) is 0 Å². The topological polar surface area (TPSA) is 57.9 Å². The predicted molar refractivity (Wildman–Crippen MR) is 108 cm³/mol. The molecule has 0 saturated heterocycles. The summed E-state index contributed by atoms with van der Waals surface area (Å²) in [6.07, 6.45) is -0.571. The maximum absolute atomic E-state index is 14.1. The standard InChI is InChI=1S/C24H17FO5/c25-19-10-17(13-27-20-8-6-15-7-9-22(26)29-21(15)12-20)23-18(11-19)14-28-24(30-23)16-4-2-1-3-5-16/h1-12,24H,13-14H2. The van der Waals surface area contributed by atoms with E-state index in [4.69, 9.17) is 18.6 Å². The van der Waals surface area contributed by atoms with Gasteiger partial charge >= 0.3 is 5.63 Å². The van der Waals surface area contributed by atoms with E-state index in [1.807, 2.05) is 30.3 Å². The molecule has 3 aromatic carbocycles. The van der Waals surface area contributed by atoms with Gasteiger partial charge in [-0.05, 0) is 30.3 Å². The predicted octanol–water partition coefficient (Wildman–Crippen LogP) is 5.12. The van der Waals surface area contributed by atoms with Crippen LogP contribution >= 0.6 is 0 Å². The number of halogens is 1. The van der Waals surface area contributed by atoms with Gasteiger partial charge in [-0.25, -0.2) is 9.18 Å². The van der Waals surface area contributed by atoms with Gasteiger partial charge in [-0.3, -0.25) is 0 Å². The Balaban J connectivity index is 1.41. The molecule has 0 spiro atoms. The molecule has 1 aromatic heterocycles. The first-order valence-electron chi connectivity index (χ1n) is 9.47. The van der Waals surface area contributed by atoms with Crippen LogP contribution in [0.15, 0.2) is 82.0 Å². The van der Waals surface area contributed by atoms with Gasteiger partial charge in [-0.2, -0.15) is 0 Å². The molecule has 30 heavy (non-hydrogen) atoms. The summed E-state index contributed by atoms with van der Waals surface area (Å²) in [7, 11) is 0. The highest BCUT2D eigenvalue weighted by Gasteiger charge is 2.25. The van der Waals surface area contributed by atoms with E-state index < -0.39 is 11.9 Å². The molecule has 2 heterocycles. The zero-order chi connectivity index (χ0) is 20.5. The molecule has 4 aromatic rings. The van der Waals surface area contributed by atoms with Crippen LogP contribution in [0.25, 0.3) is 11.0 Å². The first-order valence-corrected chi connectivity index (χ1v) is 9.47. The van der Waals surface area contributed by atoms with Crippen LogP contribution in [0.3, 0.4) is 0 Å². The van der Waals surface area contributed by atoms with Gasteiger partial charge in [0, 0.05) is 34.2 Å². The average Bonchev–Trinajstić information content (AvgIpc) is 2.77. The van der Waals surface area contributed by atoms with Crippen LogP contribution in [0.5, 0.6) is 11.5 Å². The molecule has 1 aliphatic rings. The molecular weight excluding hydrogens is 387 g/mol. The molecule has 0 fully saturated rings. The maximum Gasteiger partial charge on any atom is 0.336 e. The lowest BCUT2D eigenvalue weighted by atomic mass is 10.1. The van der Waals surface area contributed by atoms with E-state index in [2.05, 4.69) is 0 Å². The normalized spacial score (nSPS) is 15.4. The maximum atomic E-state index is 14.1. The minimum atomic E-state index is -0.571. The first-order chi connectivity index (χ1) is 14.7. The zero-order valence-electron chi connectivity index (χ0n) is 15.8. The smallest absolute Gasteiger partial charge is 0.336 e. The van der Waals surface area contributed by atoms with Crippen molar-refractivity contribution in [2.75, 3.05) is 0 Å². The molecule has 0 radical (unpaired) electrons. The average molecular weight is 404 g/mol. The molecular formula is C24H17FO5. The quantitative estimate of drug-likeness (QED) is 0.442. The van der Waals surface area contributed by atoms with E-state index in [-0.39, 0.29) is 19.0 Å². The minimum absolute atomic E-state index is 0.0875. The van der Waals surface area contributed by atoms with Crippen molar-refractivity contribution in [1.82, 2.24) is 0 Å². The molecule has 0 bridgehead atoms. The lowest BCUT2D eigenvalue weighted by Crippen LogP contribution is -2.19. The van der Waals surface area contributed by atoms with Gasteiger partial charge in [0.05, 0.1) is 6.61 Å². The number of benzene rings is 3. The SMILES string of the molecule is O=c1ccc2ccc(OCc3cc(F)cc4c3OC(c3ccccc3)OC4)cc2o1. The van der Waals surface area contributed by atoms with Crippen LogP contribution in [0.1, 0.15) is 23.0 Å². The van der Waals surface area contributed by atoms with E-state index in [0.717, 1.165) is 10.9 Å². The van der Waals surface area contributed by atoms with Crippen molar-refractivity contribution in [3.63, 3.8) is 0 Å². The van der Waals surface area contributed by atoms with Crippen LogP contribution < -0.4 is 15.1 Å². The molecule has 0 aliphatic carbocycles. The molecule has 150 valence electrons. The summed E-state index contributed by atoms with van der Waals surface area (Å²) in [6, 6.07) is 20.6. The minimum Gasteiger partial charge on any atom is -0.489 e. The number of hydrogen-bond donors (Lipinski definition) is 0. The molecule has 0 saturated carbocycles. The van der Waals surface area contributed by atoms with E-state index >= 15 is 0 Å². The summed E-state index contributed by atoms with van der Waals surface area (Å²) in [5.74, 6) is 0.674. The van der Waals surface area contributed by atoms with Gasteiger partial charge in [0.1, 0.15) is 29.5 Å². The van der Waals surface area contributed by atoms with Gasteiger partial charge in [0.25, 0.3) is 0 Å². The Morgan fingerprint density at radius 2 is 1.83 bits per heavy atom. The Bertz CT molecular complexity index is 1270. The third-order valence-electron chi connectivity index (χ3n) is 4.88. The number of hydrogen-bond acceptors (Lipinski definition) is 5. The Morgan fingerprint density at radius 3 is 2.70 bits per heavy atom. The highest BCUT2D eigenvalue weighted by molar-refractivity contribution is 5.77. The second-order valence-electron chi connectivity index (χ2n) is 6.97. The van der Waals surface area contributed by atoms with Crippen LogP contribution in [-0.2, 0) is 18.0 Å². The van der Waals surface area contributed by atoms with Crippen LogP contribution in [0.4, 0.5) is 4.39 Å². The summed E-state index contributed by atoms with van der Waals surface area (Å²) in [5, 5.41) is 0.788. The summed E-state index contributed by atoms with van der Waals surface area (Å²) in [6.45, 7) is 0.324. The second kappa shape index (κ2) is 7.65. The van der Waals surface area contributed by atoms with Gasteiger partial charge in [-0.1, -0.05) is 30.3 Å². The fraction of sp³-hybridized carbons (Fsp3) is 0.125.